The number of nitrogens with zero attached hydrogens (tertiary/aromatic N) is 1. The molecule has 21 heavy (non-hydrogen) atoms. The first kappa shape index (κ1) is 13.9. The number of nitrogens with one attached hydrogen (secondary N) is 1. The lowest BCUT2D eigenvalue weighted by Crippen LogP contribution is -2.39. The van der Waals surface area contributed by atoms with Gasteiger partial charge in [0.1, 0.15) is 0 Å². The normalized spacial score (nSPS) is 19.4. The number of amides is 1. The number of alkyl halides is 2. The SMILES string of the molecule is O=C(CNc1ccc2c(c1)OC(F)(F)O2)N1CCCCC1. The molecule has 1 saturated heterocycles. The number of benzene rings is 1. The fourth-order valence-electron chi connectivity index (χ4n) is 2.49. The van der Waals surface area contributed by atoms with Gasteiger partial charge in [-0.3, -0.25) is 4.79 Å². The zero-order chi connectivity index (χ0) is 14.9. The summed E-state index contributed by atoms with van der Waals surface area (Å²) in [5.74, 6) is -0.0268. The first-order chi connectivity index (χ1) is 10.0. The van der Waals surface area contributed by atoms with Gasteiger partial charge in [-0.05, 0) is 31.4 Å². The topological polar surface area (TPSA) is 50.8 Å². The van der Waals surface area contributed by atoms with Crippen LogP contribution in [0.5, 0.6) is 11.5 Å². The van der Waals surface area contributed by atoms with E-state index in [1.807, 2.05) is 4.90 Å². The van der Waals surface area contributed by atoms with E-state index in [1.54, 1.807) is 6.07 Å². The Labute approximate surface area is 120 Å². The minimum Gasteiger partial charge on any atom is -0.395 e. The number of carbonyl (C=O) groups is 1. The van der Waals surface area contributed by atoms with Gasteiger partial charge in [0.05, 0.1) is 6.54 Å². The summed E-state index contributed by atoms with van der Waals surface area (Å²) in [6.45, 7) is 1.71. The molecule has 1 aromatic carbocycles. The highest BCUT2D eigenvalue weighted by molar-refractivity contribution is 5.81. The summed E-state index contributed by atoms with van der Waals surface area (Å²) in [5.41, 5.74) is 0.542. The van der Waals surface area contributed by atoms with E-state index in [0.29, 0.717) is 5.69 Å². The van der Waals surface area contributed by atoms with Gasteiger partial charge in [0.25, 0.3) is 0 Å². The van der Waals surface area contributed by atoms with Crippen LogP contribution in [-0.2, 0) is 4.79 Å². The van der Waals surface area contributed by atoms with Crippen LogP contribution in [0.1, 0.15) is 19.3 Å². The maximum atomic E-state index is 12.9. The quantitative estimate of drug-likeness (QED) is 0.931. The molecule has 2 aliphatic heterocycles. The van der Waals surface area contributed by atoms with Crippen LogP contribution in [0.3, 0.4) is 0 Å². The molecular formula is C14H16F2N2O3. The lowest BCUT2D eigenvalue weighted by Gasteiger charge is -2.26. The Morgan fingerprint density at radius 3 is 2.67 bits per heavy atom. The van der Waals surface area contributed by atoms with Crippen LogP contribution in [-0.4, -0.2) is 36.7 Å². The fourth-order valence-corrected chi connectivity index (χ4v) is 2.49. The number of halogens is 2. The van der Waals surface area contributed by atoms with Crippen LogP contribution in [0.4, 0.5) is 14.5 Å². The zero-order valence-corrected chi connectivity index (χ0v) is 11.4. The van der Waals surface area contributed by atoms with Crippen LogP contribution in [0, 0.1) is 0 Å². The third-order valence-corrected chi connectivity index (χ3v) is 3.55. The van der Waals surface area contributed by atoms with Gasteiger partial charge in [0.2, 0.25) is 5.91 Å². The van der Waals surface area contributed by atoms with Crippen LogP contribution in [0.2, 0.25) is 0 Å². The lowest BCUT2D eigenvalue weighted by atomic mass is 10.1. The molecule has 0 saturated carbocycles. The number of hydrogen-bond donors (Lipinski definition) is 1. The highest BCUT2D eigenvalue weighted by atomic mass is 19.3. The van der Waals surface area contributed by atoms with Gasteiger partial charge in [-0.1, -0.05) is 0 Å². The molecule has 1 amide bonds. The van der Waals surface area contributed by atoms with Gasteiger partial charge in [0.15, 0.2) is 11.5 Å². The molecule has 114 valence electrons. The van der Waals surface area contributed by atoms with E-state index in [1.165, 1.54) is 12.1 Å². The first-order valence-electron chi connectivity index (χ1n) is 6.95. The maximum Gasteiger partial charge on any atom is 0.586 e. The average molecular weight is 298 g/mol. The van der Waals surface area contributed by atoms with Crippen molar-refractivity contribution in [1.29, 1.82) is 0 Å². The van der Waals surface area contributed by atoms with Crippen molar-refractivity contribution in [3.8, 4) is 11.5 Å². The number of fused-ring (bicyclic) bond motifs is 1. The molecule has 0 aliphatic carbocycles. The molecule has 0 spiro atoms. The summed E-state index contributed by atoms with van der Waals surface area (Å²) >= 11 is 0. The van der Waals surface area contributed by atoms with Crippen molar-refractivity contribution in [2.24, 2.45) is 0 Å². The number of hydrogen-bond acceptors (Lipinski definition) is 4. The van der Waals surface area contributed by atoms with Crippen molar-refractivity contribution in [1.82, 2.24) is 4.90 Å². The van der Waals surface area contributed by atoms with Gasteiger partial charge in [0, 0.05) is 24.8 Å². The van der Waals surface area contributed by atoms with E-state index < -0.39 is 6.29 Å². The number of likely N-dealkylation sites (tertiary alicyclic amines) is 1. The predicted molar refractivity (Wildman–Crippen MR) is 71.6 cm³/mol. The van der Waals surface area contributed by atoms with E-state index in [2.05, 4.69) is 14.8 Å². The van der Waals surface area contributed by atoms with Gasteiger partial charge in [-0.15, -0.1) is 8.78 Å². The first-order valence-corrected chi connectivity index (χ1v) is 6.95. The predicted octanol–water partition coefficient (Wildman–Crippen LogP) is 2.43. The minimum atomic E-state index is -3.62. The average Bonchev–Trinajstić information content (AvgIpc) is 2.78. The van der Waals surface area contributed by atoms with E-state index in [0.717, 1.165) is 32.4 Å². The molecule has 5 nitrogen and oxygen atoms in total. The summed E-state index contributed by atoms with van der Waals surface area (Å²) in [6.07, 6.45) is -0.395. The van der Waals surface area contributed by atoms with Crippen LogP contribution >= 0.6 is 0 Å². The third kappa shape index (κ3) is 3.17. The molecule has 0 aromatic heterocycles. The van der Waals surface area contributed by atoms with Crippen molar-refractivity contribution in [3.05, 3.63) is 18.2 Å². The zero-order valence-electron chi connectivity index (χ0n) is 11.4. The summed E-state index contributed by atoms with van der Waals surface area (Å²) in [5, 5.41) is 2.93. The van der Waals surface area contributed by atoms with E-state index in [-0.39, 0.29) is 24.0 Å². The summed E-state index contributed by atoms with van der Waals surface area (Å²) in [7, 11) is 0. The molecule has 1 fully saturated rings. The molecule has 3 rings (SSSR count). The van der Waals surface area contributed by atoms with Crippen LogP contribution in [0.25, 0.3) is 0 Å². The van der Waals surface area contributed by atoms with Crippen molar-refractivity contribution < 1.29 is 23.0 Å². The highest BCUT2D eigenvalue weighted by Crippen LogP contribution is 2.42. The number of carbonyl (C=O) groups excluding carboxylic acids is 1. The van der Waals surface area contributed by atoms with E-state index in [4.69, 9.17) is 0 Å². The largest absolute Gasteiger partial charge is 0.586 e. The Kier molecular flexibility index (Phi) is 3.57. The second-order valence-corrected chi connectivity index (χ2v) is 5.12. The Morgan fingerprint density at radius 1 is 1.19 bits per heavy atom. The number of rotatable bonds is 3. The Balaban J connectivity index is 1.58. The second-order valence-electron chi connectivity index (χ2n) is 5.12. The third-order valence-electron chi connectivity index (χ3n) is 3.55. The molecular weight excluding hydrogens is 282 g/mol. The molecule has 0 bridgehead atoms. The van der Waals surface area contributed by atoms with Gasteiger partial charge >= 0.3 is 6.29 Å². The minimum absolute atomic E-state index is 0.00657. The summed E-state index contributed by atoms with van der Waals surface area (Å²) < 4.78 is 34.5. The van der Waals surface area contributed by atoms with E-state index in [9.17, 15) is 13.6 Å². The Bertz CT molecular complexity index is 545. The highest BCUT2D eigenvalue weighted by Gasteiger charge is 2.43. The van der Waals surface area contributed by atoms with Crippen LogP contribution in [0.15, 0.2) is 18.2 Å². The standard InChI is InChI=1S/C14H16F2N2O3/c15-14(16)20-11-5-4-10(8-12(11)21-14)17-9-13(19)18-6-2-1-3-7-18/h4-5,8,17H,1-3,6-7,9H2. The summed E-state index contributed by atoms with van der Waals surface area (Å²) in [6, 6.07) is 4.37. The molecule has 0 unspecified atom stereocenters. The number of ether oxygens (including phenoxy) is 2. The Morgan fingerprint density at radius 2 is 1.90 bits per heavy atom. The fraction of sp³-hybridized carbons (Fsp3) is 0.500. The molecule has 2 aliphatic rings. The molecule has 1 aromatic rings. The Hall–Kier alpha value is -2.05. The molecule has 7 heteroatoms. The summed E-state index contributed by atoms with van der Waals surface area (Å²) in [4.78, 5) is 13.8. The smallest absolute Gasteiger partial charge is 0.395 e. The second kappa shape index (κ2) is 5.38. The van der Waals surface area contributed by atoms with Crippen LogP contribution < -0.4 is 14.8 Å². The van der Waals surface area contributed by atoms with Gasteiger partial charge < -0.3 is 19.7 Å². The monoisotopic (exact) mass is 298 g/mol. The lowest BCUT2D eigenvalue weighted by molar-refractivity contribution is -0.286. The van der Waals surface area contributed by atoms with E-state index >= 15 is 0 Å². The molecule has 1 N–H and O–H groups in total. The molecule has 0 atom stereocenters. The van der Waals surface area contributed by atoms with Crippen molar-refractivity contribution in [3.63, 3.8) is 0 Å². The van der Waals surface area contributed by atoms with Crippen molar-refractivity contribution in [2.45, 2.75) is 25.6 Å². The molecule has 2 heterocycles. The van der Waals surface area contributed by atoms with Crippen molar-refractivity contribution >= 4 is 11.6 Å². The molecule has 0 radical (unpaired) electrons. The van der Waals surface area contributed by atoms with Crippen molar-refractivity contribution in [2.75, 3.05) is 25.0 Å². The maximum absolute atomic E-state index is 12.9. The number of piperidine rings is 1. The van der Waals surface area contributed by atoms with Gasteiger partial charge in [-0.2, -0.15) is 0 Å². The number of anilines is 1. The van der Waals surface area contributed by atoms with Gasteiger partial charge in [-0.25, -0.2) is 0 Å².